The third-order valence-corrected chi connectivity index (χ3v) is 2.79. The molecule has 0 atom stereocenters. The SMILES string of the molecule is CNS(=O)(=O)Nc1cc(Cl)ccc1N. The zero-order chi connectivity index (χ0) is 10.8. The van der Waals surface area contributed by atoms with Crippen molar-refractivity contribution < 1.29 is 8.42 Å². The Balaban J connectivity index is 3.03. The van der Waals surface area contributed by atoms with E-state index in [1.54, 1.807) is 6.07 Å². The molecular weight excluding hydrogens is 226 g/mol. The van der Waals surface area contributed by atoms with Gasteiger partial charge in [-0.3, -0.25) is 4.72 Å². The van der Waals surface area contributed by atoms with E-state index in [0.29, 0.717) is 10.7 Å². The topological polar surface area (TPSA) is 84.2 Å². The van der Waals surface area contributed by atoms with Gasteiger partial charge in [0.15, 0.2) is 0 Å². The lowest BCUT2D eigenvalue weighted by Crippen LogP contribution is -2.26. The zero-order valence-electron chi connectivity index (χ0n) is 7.41. The van der Waals surface area contributed by atoms with E-state index >= 15 is 0 Å². The molecule has 0 radical (unpaired) electrons. The minimum atomic E-state index is -3.55. The highest BCUT2D eigenvalue weighted by atomic mass is 35.5. The van der Waals surface area contributed by atoms with E-state index in [1.807, 2.05) is 0 Å². The van der Waals surface area contributed by atoms with Gasteiger partial charge in [-0.25, -0.2) is 4.72 Å². The fraction of sp³-hybridized carbons (Fsp3) is 0.143. The quantitative estimate of drug-likeness (QED) is 0.678. The molecule has 4 N–H and O–H groups in total. The number of hydrogen-bond acceptors (Lipinski definition) is 3. The standard InChI is InChI=1S/C7H10ClN3O2S/c1-10-14(12,13)11-7-4-5(8)2-3-6(7)9/h2-4,10-11H,9H2,1H3. The summed E-state index contributed by atoms with van der Waals surface area (Å²) >= 11 is 5.68. The molecule has 0 fully saturated rings. The summed E-state index contributed by atoms with van der Waals surface area (Å²) in [7, 11) is -2.26. The van der Waals surface area contributed by atoms with Gasteiger partial charge in [0.25, 0.3) is 10.2 Å². The molecule has 0 aromatic heterocycles. The minimum Gasteiger partial charge on any atom is -0.397 e. The molecule has 0 amide bonds. The van der Waals surface area contributed by atoms with Crippen LogP contribution in [0.25, 0.3) is 0 Å². The molecule has 0 aliphatic carbocycles. The number of halogens is 1. The van der Waals surface area contributed by atoms with Crippen LogP contribution in [-0.4, -0.2) is 15.5 Å². The van der Waals surface area contributed by atoms with Crippen molar-refractivity contribution in [2.24, 2.45) is 0 Å². The molecule has 1 rings (SSSR count). The summed E-state index contributed by atoms with van der Waals surface area (Å²) in [5.74, 6) is 0. The molecule has 0 aliphatic rings. The van der Waals surface area contributed by atoms with Crippen LogP contribution < -0.4 is 15.2 Å². The molecule has 78 valence electrons. The Morgan fingerprint density at radius 2 is 2.07 bits per heavy atom. The second-order valence-corrected chi connectivity index (χ2v) is 4.60. The highest BCUT2D eigenvalue weighted by molar-refractivity contribution is 7.90. The lowest BCUT2D eigenvalue weighted by atomic mass is 10.3. The maximum Gasteiger partial charge on any atom is 0.298 e. The minimum absolute atomic E-state index is 0.256. The Hall–Kier alpha value is -0.980. The van der Waals surface area contributed by atoms with Crippen LogP contribution in [0.15, 0.2) is 18.2 Å². The first kappa shape index (κ1) is 11.1. The van der Waals surface area contributed by atoms with Crippen LogP contribution in [-0.2, 0) is 10.2 Å². The summed E-state index contributed by atoms with van der Waals surface area (Å²) in [6.45, 7) is 0. The molecule has 1 aromatic carbocycles. The maximum atomic E-state index is 11.1. The molecule has 0 saturated carbocycles. The molecule has 0 spiro atoms. The van der Waals surface area contributed by atoms with Crippen molar-refractivity contribution in [1.82, 2.24) is 4.72 Å². The van der Waals surface area contributed by atoms with E-state index in [9.17, 15) is 8.42 Å². The normalized spacial score (nSPS) is 11.3. The highest BCUT2D eigenvalue weighted by Gasteiger charge is 2.08. The van der Waals surface area contributed by atoms with Gasteiger partial charge in [0, 0.05) is 12.1 Å². The average Bonchev–Trinajstić information content (AvgIpc) is 2.11. The predicted octanol–water partition coefficient (Wildman–Crippen LogP) is 0.798. The summed E-state index contributed by atoms with van der Waals surface area (Å²) < 4.78 is 26.6. The molecule has 0 aliphatic heterocycles. The van der Waals surface area contributed by atoms with Gasteiger partial charge in [0.1, 0.15) is 0 Å². The van der Waals surface area contributed by atoms with Crippen LogP contribution >= 0.6 is 11.6 Å². The van der Waals surface area contributed by atoms with Crippen LogP contribution in [0.2, 0.25) is 5.02 Å². The molecule has 0 unspecified atom stereocenters. The van der Waals surface area contributed by atoms with E-state index in [2.05, 4.69) is 9.44 Å². The Kier molecular flexibility index (Phi) is 3.20. The predicted molar refractivity (Wildman–Crippen MR) is 57.5 cm³/mol. The van der Waals surface area contributed by atoms with Crippen molar-refractivity contribution in [1.29, 1.82) is 0 Å². The third-order valence-electron chi connectivity index (χ3n) is 1.53. The van der Waals surface area contributed by atoms with Crippen molar-refractivity contribution in [3.8, 4) is 0 Å². The van der Waals surface area contributed by atoms with Crippen molar-refractivity contribution in [3.63, 3.8) is 0 Å². The van der Waals surface area contributed by atoms with Gasteiger partial charge in [0.05, 0.1) is 11.4 Å². The lowest BCUT2D eigenvalue weighted by Gasteiger charge is -2.08. The molecular formula is C7H10ClN3O2S. The number of rotatable bonds is 3. The number of nitrogens with two attached hydrogens (primary N) is 1. The van der Waals surface area contributed by atoms with Gasteiger partial charge >= 0.3 is 0 Å². The highest BCUT2D eigenvalue weighted by Crippen LogP contribution is 2.23. The Labute approximate surface area is 87.4 Å². The van der Waals surface area contributed by atoms with Crippen molar-refractivity contribution in [2.75, 3.05) is 17.5 Å². The van der Waals surface area contributed by atoms with Gasteiger partial charge < -0.3 is 5.73 Å². The maximum absolute atomic E-state index is 11.1. The van der Waals surface area contributed by atoms with E-state index in [0.717, 1.165) is 0 Å². The number of hydrogen-bond donors (Lipinski definition) is 3. The summed E-state index contributed by atoms with van der Waals surface area (Å²) in [6, 6.07) is 4.54. The fourth-order valence-electron chi connectivity index (χ4n) is 0.813. The molecule has 14 heavy (non-hydrogen) atoms. The second-order valence-electron chi connectivity index (χ2n) is 2.54. The summed E-state index contributed by atoms with van der Waals surface area (Å²) in [5.41, 5.74) is 6.11. The first-order valence-electron chi connectivity index (χ1n) is 3.71. The van der Waals surface area contributed by atoms with Crippen molar-refractivity contribution in [3.05, 3.63) is 23.2 Å². The van der Waals surface area contributed by atoms with Crippen LogP contribution in [0.4, 0.5) is 11.4 Å². The van der Waals surface area contributed by atoms with Crippen LogP contribution in [0, 0.1) is 0 Å². The third kappa shape index (κ3) is 2.76. The van der Waals surface area contributed by atoms with Gasteiger partial charge in [-0.1, -0.05) is 11.6 Å². The Bertz CT molecular complexity index is 433. The van der Waals surface area contributed by atoms with Crippen molar-refractivity contribution >= 4 is 33.2 Å². The van der Waals surface area contributed by atoms with Gasteiger partial charge in [-0.15, -0.1) is 0 Å². The molecule has 5 nitrogen and oxygen atoms in total. The largest absolute Gasteiger partial charge is 0.397 e. The molecule has 0 bridgehead atoms. The first-order chi connectivity index (χ1) is 6.44. The average molecular weight is 236 g/mol. The number of benzene rings is 1. The fourth-order valence-corrected chi connectivity index (χ4v) is 1.55. The van der Waals surface area contributed by atoms with Crippen LogP contribution in [0.3, 0.4) is 0 Å². The monoisotopic (exact) mass is 235 g/mol. The Morgan fingerprint density at radius 3 is 2.64 bits per heavy atom. The summed E-state index contributed by atoms with van der Waals surface area (Å²) in [4.78, 5) is 0. The molecule has 7 heteroatoms. The van der Waals surface area contributed by atoms with E-state index in [-0.39, 0.29) is 5.69 Å². The second kappa shape index (κ2) is 4.04. The van der Waals surface area contributed by atoms with Gasteiger partial charge in [-0.05, 0) is 18.2 Å². The number of anilines is 2. The van der Waals surface area contributed by atoms with Crippen LogP contribution in [0.1, 0.15) is 0 Å². The summed E-state index contributed by atoms with van der Waals surface area (Å²) in [6.07, 6.45) is 0. The smallest absolute Gasteiger partial charge is 0.298 e. The Morgan fingerprint density at radius 1 is 1.43 bits per heavy atom. The van der Waals surface area contributed by atoms with Gasteiger partial charge in [0.2, 0.25) is 0 Å². The van der Waals surface area contributed by atoms with E-state index in [4.69, 9.17) is 17.3 Å². The van der Waals surface area contributed by atoms with Crippen molar-refractivity contribution in [2.45, 2.75) is 0 Å². The van der Waals surface area contributed by atoms with E-state index in [1.165, 1.54) is 19.2 Å². The molecule has 0 saturated heterocycles. The molecule has 1 aromatic rings. The van der Waals surface area contributed by atoms with Crippen LogP contribution in [0.5, 0.6) is 0 Å². The first-order valence-corrected chi connectivity index (χ1v) is 5.57. The van der Waals surface area contributed by atoms with E-state index < -0.39 is 10.2 Å². The molecule has 0 heterocycles. The van der Waals surface area contributed by atoms with Gasteiger partial charge in [-0.2, -0.15) is 8.42 Å². The number of nitrogens with one attached hydrogen (secondary N) is 2. The summed E-state index contributed by atoms with van der Waals surface area (Å²) in [5, 5.41) is 0.410. The lowest BCUT2D eigenvalue weighted by molar-refractivity contribution is 0.593. The number of nitrogen functional groups attached to an aromatic ring is 1. The zero-order valence-corrected chi connectivity index (χ0v) is 8.98.